The molecule has 1 aromatic rings. The predicted molar refractivity (Wildman–Crippen MR) is 82.9 cm³/mol. The van der Waals surface area contributed by atoms with Crippen LogP contribution in [0.5, 0.6) is 0 Å². The molecule has 1 saturated carbocycles. The Hall–Kier alpha value is -0.830. The van der Waals surface area contributed by atoms with Crippen molar-refractivity contribution in [3.05, 3.63) is 29.3 Å². The van der Waals surface area contributed by atoms with Gasteiger partial charge in [-0.1, -0.05) is 19.3 Å². The molecule has 1 aliphatic carbocycles. The Labute approximate surface area is 130 Å². The molecule has 21 heavy (non-hydrogen) atoms. The van der Waals surface area contributed by atoms with Crippen LogP contribution < -0.4 is 4.90 Å². The van der Waals surface area contributed by atoms with Crippen LogP contribution in [0, 0.1) is 17.0 Å². The lowest BCUT2D eigenvalue weighted by Gasteiger charge is -2.45. The van der Waals surface area contributed by atoms with Gasteiger partial charge in [0, 0.05) is 19.0 Å². The van der Waals surface area contributed by atoms with E-state index in [1.807, 2.05) is 4.90 Å². The molecular weight excluding hydrogens is 292 g/mol. The van der Waals surface area contributed by atoms with Crippen LogP contribution in [0.4, 0.5) is 14.5 Å². The van der Waals surface area contributed by atoms with Crippen LogP contribution in [0.15, 0.2) is 12.1 Å². The first-order chi connectivity index (χ1) is 10.1. The Balaban J connectivity index is 1.75. The lowest BCUT2D eigenvalue weighted by Crippen LogP contribution is -2.41. The summed E-state index contributed by atoms with van der Waals surface area (Å²) < 4.78 is 28.4. The van der Waals surface area contributed by atoms with Crippen LogP contribution in [-0.4, -0.2) is 13.1 Å². The van der Waals surface area contributed by atoms with Gasteiger partial charge in [-0.25, -0.2) is 8.78 Å². The Bertz CT molecular complexity index is 479. The van der Waals surface area contributed by atoms with Crippen LogP contribution in [0.2, 0.25) is 0 Å². The van der Waals surface area contributed by atoms with Crippen LogP contribution >= 0.6 is 11.6 Å². The molecule has 0 radical (unpaired) electrons. The van der Waals surface area contributed by atoms with Gasteiger partial charge in [-0.15, -0.1) is 11.6 Å². The number of alkyl halides is 1. The van der Waals surface area contributed by atoms with Gasteiger partial charge in [-0.2, -0.15) is 0 Å². The van der Waals surface area contributed by atoms with E-state index in [0.29, 0.717) is 11.0 Å². The third kappa shape index (κ3) is 3.03. The fourth-order valence-corrected chi connectivity index (χ4v) is 4.16. The van der Waals surface area contributed by atoms with Gasteiger partial charge in [0.1, 0.15) is 17.3 Å². The second-order valence-corrected chi connectivity index (χ2v) is 6.86. The second-order valence-electron chi connectivity index (χ2n) is 6.59. The van der Waals surface area contributed by atoms with Crippen molar-refractivity contribution in [2.24, 2.45) is 5.41 Å². The number of rotatable bonds is 2. The van der Waals surface area contributed by atoms with E-state index in [0.717, 1.165) is 25.9 Å². The highest BCUT2D eigenvalue weighted by Gasteiger charge is 2.36. The van der Waals surface area contributed by atoms with Gasteiger partial charge in [-0.05, 0) is 48.8 Å². The van der Waals surface area contributed by atoms with Gasteiger partial charge in [0.25, 0.3) is 0 Å². The molecule has 1 aromatic carbocycles. The molecule has 3 rings (SSSR count). The smallest absolute Gasteiger partial charge is 0.149 e. The van der Waals surface area contributed by atoms with E-state index < -0.39 is 11.6 Å². The first-order valence-corrected chi connectivity index (χ1v) is 8.46. The number of hydrogen-bond donors (Lipinski definition) is 0. The minimum absolute atomic E-state index is 0.134. The Morgan fingerprint density at radius 2 is 1.52 bits per heavy atom. The molecule has 1 nitrogen and oxygen atoms in total. The summed E-state index contributed by atoms with van der Waals surface area (Å²) in [5.41, 5.74) is 1.07. The number of nitrogens with zero attached hydrogens (tertiary/aromatic N) is 1. The molecule has 0 unspecified atom stereocenters. The summed E-state index contributed by atoms with van der Waals surface area (Å²) in [6.07, 6.45) is 8.66. The number of anilines is 1. The van der Waals surface area contributed by atoms with E-state index in [9.17, 15) is 8.78 Å². The first kappa shape index (κ1) is 15.1. The first-order valence-electron chi connectivity index (χ1n) is 7.92. The summed E-state index contributed by atoms with van der Waals surface area (Å²) in [4.78, 5) is 1.88. The number of piperidine rings is 1. The van der Waals surface area contributed by atoms with Crippen LogP contribution in [0.3, 0.4) is 0 Å². The van der Waals surface area contributed by atoms with Crippen molar-refractivity contribution in [2.75, 3.05) is 18.0 Å². The maximum atomic E-state index is 14.2. The monoisotopic (exact) mass is 313 g/mol. The SMILES string of the molecule is Fc1cc(CCl)cc(F)c1N1CCC2(CCCCC2)CC1. The van der Waals surface area contributed by atoms with Gasteiger partial charge >= 0.3 is 0 Å². The molecule has 1 heterocycles. The topological polar surface area (TPSA) is 3.24 Å². The average molecular weight is 314 g/mol. The zero-order valence-corrected chi connectivity index (χ0v) is 13.1. The van der Waals surface area contributed by atoms with Gasteiger partial charge in [0.15, 0.2) is 0 Å². The van der Waals surface area contributed by atoms with Gasteiger partial charge in [-0.3, -0.25) is 0 Å². The zero-order chi connectivity index (χ0) is 14.9. The molecule has 1 aliphatic heterocycles. The highest BCUT2D eigenvalue weighted by atomic mass is 35.5. The van der Waals surface area contributed by atoms with E-state index in [1.165, 1.54) is 44.2 Å². The Kier molecular flexibility index (Phi) is 4.39. The molecule has 1 saturated heterocycles. The van der Waals surface area contributed by atoms with Crippen molar-refractivity contribution in [1.29, 1.82) is 0 Å². The van der Waals surface area contributed by atoms with Crippen molar-refractivity contribution in [1.82, 2.24) is 0 Å². The standard InChI is InChI=1S/C17H22ClF2N/c18-12-13-10-14(19)16(15(20)11-13)21-8-6-17(7-9-21)4-2-1-3-5-17/h10-11H,1-9,12H2. The molecular formula is C17H22ClF2N. The normalized spacial score (nSPS) is 21.8. The summed E-state index contributed by atoms with van der Waals surface area (Å²) in [5, 5.41) is 0. The molecule has 0 atom stereocenters. The largest absolute Gasteiger partial charge is 0.367 e. The quantitative estimate of drug-likeness (QED) is 0.674. The summed E-state index contributed by atoms with van der Waals surface area (Å²) in [7, 11) is 0. The molecule has 0 bridgehead atoms. The van der Waals surface area contributed by atoms with Crippen molar-refractivity contribution in [2.45, 2.75) is 50.8 Å². The molecule has 2 fully saturated rings. The van der Waals surface area contributed by atoms with E-state index in [4.69, 9.17) is 11.6 Å². The molecule has 116 valence electrons. The number of hydrogen-bond acceptors (Lipinski definition) is 1. The van der Waals surface area contributed by atoms with Gasteiger partial charge in [0.05, 0.1) is 0 Å². The molecule has 0 aromatic heterocycles. The fourth-order valence-electron chi connectivity index (χ4n) is 4.00. The summed E-state index contributed by atoms with van der Waals surface area (Å²) in [6, 6.07) is 2.72. The van der Waals surface area contributed by atoms with E-state index in [1.54, 1.807) is 0 Å². The number of benzene rings is 1. The molecule has 0 amide bonds. The predicted octanol–water partition coefficient (Wildman–Crippen LogP) is 5.25. The lowest BCUT2D eigenvalue weighted by molar-refractivity contribution is 0.144. The minimum atomic E-state index is -0.481. The van der Waals surface area contributed by atoms with Crippen molar-refractivity contribution in [3.8, 4) is 0 Å². The third-order valence-corrected chi connectivity index (χ3v) is 5.59. The Morgan fingerprint density at radius 3 is 2.05 bits per heavy atom. The van der Waals surface area contributed by atoms with Crippen LogP contribution in [-0.2, 0) is 5.88 Å². The number of halogens is 3. The highest BCUT2D eigenvalue weighted by Crippen LogP contribution is 2.45. The molecule has 4 heteroatoms. The molecule has 2 aliphatic rings. The van der Waals surface area contributed by atoms with Gasteiger partial charge in [0.2, 0.25) is 0 Å². The zero-order valence-electron chi connectivity index (χ0n) is 12.3. The third-order valence-electron chi connectivity index (χ3n) is 5.29. The van der Waals surface area contributed by atoms with E-state index in [-0.39, 0.29) is 11.6 Å². The summed E-state index contributed by atoms with van der Waals surface area (Å²) >= 11 is 5.66. The van der Waals surface area contributed by atoms with Crippen LogP contribution in [0.25, 0.3) is 0 Å². The summed E-state index contributed by atoms with van der Waals surface area (Å²) in [6.45, 7) is 1.52. The summed E-state index contributed by atoms with van der Waals surface area (Å²) in [5.74, 6) is -0.826. The maximum Gasteiger partial charge on any atom is 0.149 e. The minimum Gasteiger partial charge on any atom is -0.367 e. The van der Waals surface area contributed by atoms with Crippen molar-refractivity contribution < 1.29 is 8.78 Å². The maximum absolute atomic E-state index is 14.2. The molecule has 0 N–H and O–H groups in total. The fraction of sp³-hybridized carbons (Fsp3) is 0.647. The highest BCUT2D eigenvalue weighted by molar-refractivity contribution is 6.17. The molecule has 1 spiro atoms. The van der Waals surface area contributed by atoms with E-state index in [2.05, 4.69) is 0 Å². The second kappa shape index (κ2) is 6.12. The van der Waals surface area contributed by atoms with Gasteiger partial charge < -0.3 is 4.90 Å². The Morgan fingerprint density at radius 1 is 0.952 bits per heavy atom. The van der Waals surface area contributed by atoms with Crippen LogP contribution in [0.1, 0.15) is 50.5 Å². The van der Waals surface area contributed by atoms with Crippen molar-refractivity contribution >= 4 is 17.3 Å². The average Bonchev–Trinajstić information content (AvgIpc) is 2.49. The van der Waals surface area contributed by atoms with E-state index >= 15 is 0 Å². The van der Waals surface area contributed by atoms with Crippen molar-refractivity contribution in [3.63, 3.8) is 0 Å². The lowest BCUT2D eigenvalue weighted by atomic mass is 9.68.